The molecular formula is C11H11BrClN3. The van der Waals surface area contributed by atoms with Gasteiger partial charge in [-0.3, -0.25) is 0 Å². The third-order valence-electron chi connectivity index (χ3n) is 2.19. The summed E-state index contributed by atoms with van der Waals surface area (Å²) >= 11 is 9.45. The van der Waals surface area contributed by atoms with Gasteiger partial charge in [0.25, 0.3) is 0 Å². The van der Waals surface area contributed by atoms with Crippen molar-refractivity contribution in [2.24, 2.45) is 7.05 Å². The Bertz CT molecular complexity index is 522. The van der Waals surface area contributed by atoms with Gasteiger partial charge >= 0.3 is 0 Å². The third-order valence-corrected chi connectivity index (χ3v) is 3.59. The van der Waals surface area contributed by atoms with Crippen molar-refractivity contribution in [2.45, 2.75) is 6.92 Å². The average Bonchev–Trinajstić information content (AvgIpc) is 2.53. The summed E-state index contributed by atoms with van der Waals surface area (Å²) in [6.45, 7) is 1.96. The van der Waals surface area contributed by atoms with E-state index in [1.54, 1.807) is 0 Å². The Hall–Kier alpha value is -1.000. The molecule has 0 atom stereocenters. The van der Waals surface area contributed by atoms with Crippen LogP contribution >= 0.6 is 27.5 Å². The Morgan fingerprint density at radius 1 is 1.44 bits per heavy atom. The van der Waals surface area contributed by atoms with Crippen molar-refractivity contribution in [3.05, 3.63) is 39.6 Å². The molecule has 0 fully saturated rings. The summed E-state index contributed by atoms with van der Waals surface area (Å²) in [6, 6.07) is 5.67. The van der Waals surface area contributed by atoms with Crippen molar-refractivity contribution in [2.75, 3.05) is 5.32 Å². The van der Waals surface area contributed by atoms with Gasteiger partial charge in [0.15, 0.2) is 0 Å². The zero-order valence-corrected chi connectivity index (χ0v) is 11.3. The minimum absolute atomic E-state index is 0.677. The maximum absolute atomic E-state index is 6.01. The van der Waals surface area contributed by atoms with Gasteiger partial charge in [0.05, 0.1) is 20.9 Å². The highest BCUT2D eigenvalue weighted by Gasteiger charge is 2.07. The minimum Gasteiger partial charge on any atom is -0.325 e. The monoisotopic (exact) mass is 299 g/mol. The number of hydrogen-bond acceptors (Lipinski definition) is 2. The molecule has 0 radical (unpaired) electrons. The number of nitrogens with zero attached hydrogens (tertiary/aromatic N) is 2. The fourth-order valence-corrected chi connectivity index (χ4v) is 1.99. The van der Waals surface area contributed by atoms with E-state index >= 15 is 0 Å². The molecule has 5 heteroatoms. The Balaban J connectivity index is 2.34. The highest BCUT2D eigenvalue weighted by atomic mass is 79.9. The molecule has 0 unspecified atom stereocenters. The van der Waals surface area contributed by atoms with Crippen LogP contribution in [0.15, 0.2) is 28.9 Å². The van der Waals surface area contributed by atoms with Crippen molar-refractivity contribution >= 4 is 39.2 Å². The van der Waals surface area contributed by atoms with Crippen LogP contribution in [0, 0.1) is 6.92 Å². The van der Waals surface area contributed by atoms with Crippen molar-refractivity contribution in [3.63, 3.8) is 0 Å². The first-order valence-electron chi connectivity index (χ1n) is 4.79. The topological polar surface area (TPSA) is 29.9 Å². The second-order valence-corrected chi connectivity index (χ2v) is 4.74. The van der Waals surface area contributed by atoms with E-state index in [0.29, 0.717) is 5.02 Å². The Morgan fingerprint density at radius 3 is 2.81 bits per heavy atom. The quantitative estimate of drug-likeness (QED) is 0.912. The van der Waals surface area contributed by atoms with Crippen LogP contribution in [0.2, 0.25) is 5.02 Å². The van der Waals surface area contributed by atoms with E-state index < -0.39 is 0 Å². The van der Waals surface area contributed by atoms with Crippen LogP contribution in [0.3, 0.4) is 0 Å². The number of halogens is 2. The lowest BCUT2D eigenvalue weighted by atomic mass is 10.3. The fourth-order valence-electron chi connectivity index (χ4n) is 1.45. The third kappa shape index (κ3) is 2.23. The zero-order chi connectivity index (χ0) is 11.7. The standard InChI is InChI=1S/C11H11BrClN3/c1-7-6-16(2)11(14-7)15-9-5-3-4-8(13)10(9)12/h3-6H,1-2H3,(H,14,15). The van der Waals surface area contributed by atoms with Crippen LogP contribution in [0.5, 0.6) is 0 Å². The molecule has 1 aromatic heterocycles. The van der Waals surface area contributed by atoms with E-state index in [1.807, 2.05) is 42.9 Å². The van der Waals surface area contributed by atoms with E-state index in [2.05, 4.69) is 26.2 Å². The largest absolute Gasteiger partial charge is 0.325 e. The number of anilines is 2. The second kappa shape index (κ2) is 4.47. The lowest BCUT2D eigenvalue weighted by molar-refractivity contribution is 0.923. The number of aromatic nitrogens is 2. The van der Waals surface area contributed by atoms with Gasteiger partial charge in [-0.05, 0) is 35.0 Å². The molecule has 3 nitrogen and oxygen atoms in total. The summed E-state index contributed by atoms with van der Waals surface area (Å²) in [5.41, 5.74) is 1.88. The smallest absolute Gasteiger partial charge is 0.207 e. The average molecular weight is 301 g/mol. The first-order chi connectivity index (χ1) is 7.58. The summed E-state index contributed by atoms with van der Waals surface area (Å²) in [5, 5.41) is 3.90. The molecule has 1 aromatic carbocycles. The molecule has 16 heavy (non-hydrogen) atoms. The summed E-state index contributed by atoms with van der Waals surface area (Å²) in [4.78, 5) is 4.36. The summed E-state index contributed by atoms with van der Waals surface area (Å²) in [6.07, 6.45) is 1.96. The number of hydrogen-bond donors (Lipinski definition) is 1. The summed E-state index contributed by atoms with van der Waals surface area (Å²) < 4.78 is 2.78. The molecule has 0 saturated heterocycles. The van der Waals surface area contributed by atoms with Crippen LogP contribution in [-0.2, 0) is 7.05 Å². The molecule has 0 amide bonds. The maximum atomic E-state index is 6.01. The van der Waals surface area contributed by atoms with Gasteiger partial charge in [0.1, 0.15) is 0 Å². The number of imidazole rings is 1. The predicted octanol–water partition coefficient (Wildman–Crippen LogP) is 3.89. The predicted molar refractivity (Wildman–Crippen MR) is 70.4 cm³/mol. The molecule has 0 aliphatic heterocycles. The summed E-state index contributed by atoms with van der Waals surface area (Å²) in [7, 11) is 1.95. The minimum atomic E-state index is 0.677. The van der Waals surface area contributed by atoms with Gasteiger partial charge in [0, 0.05) is 13.2 Å². The highest BCUT2D eigenvalue weighted by molar-refractivity contribution is 9.10. The molecule has 0 aliphatic carbocycles. The van der Waals surface area contributed by atoms with Crippen molar-refractivity contribution in [1.29, 1.82) is 0 Å². The second-order valence-electron chi connectivity index (χ2n) is 3.54. The highest BCUT2D eigenvalue weighted by Crippen LogP contribution is 2.31. The molecule has 2 aromatic rings. The van der Waals surface area contributed by atoms with Crippen LogP contribution in [0.4, 0.5) is 11.6 Å². The normalized spacial score (nSPS) is 10.5. The zero-order valence-electron chi connectivity index (χ0n) is 8.96. The van der Waals surface area contributed by atoms with Crippen molar-refractivity contribution < 1.29 is 0 Å². The van der Waals surface area contributed by atoms with Crippen molar-refractivity contribution in [3.8, 4) is 0 Å². The molecule has 84 valence electrons. The lowest BCUT2D eigenvalue weighted by Crippen LogP contribution is -1.99. The SMILES string of the molecule is Cc1cn(C)c(Nc2cccc(Cl)c2Br)n1. The molecule has 0 aliphatic rings. The van der Waals surface area contributed by atoms with E-state index in [0.717, 1.165) is 21.8 Å². The first-order valence-corrected chi connectivity index (χ1v) is 5.96. The molecule has 1 N–H and O–H groups in total. The number of benzene rings is 1. The van der Waals surface area contributed by atoms with Gasteiger partial charge in [-0.25, -0.2) is 4.98 Å². The molecule has 2 rings (SSSR count). The van der Waals surface area contributed by atoms with Gasteiger partial charge in [-0.1, -0.05) is 17.7 Å². The number of aryl methyl sites for hydroxylation is 2. The Labute approximate surface area is 108 Å². The van der Waals surface area contributed by atoms with Gasteiger partial charge in [-0.15, -0.1) is 0 Å². The molecule has 1 heterocycles. The summed E-state index contributed by atoms with van der Waals surface area (Å²) in [5.74, 6) is 0.792. The van der Waals surface area contributed by atoms with Crippen molar-refractivity contribution in [1.82, 2.24) is 9.55 Å². The van der Waals surface area contributed by atoms with Crippen LogP contribution in [-0.4, -0.2) is 9.55 Å². The van der Waals surface area contributed by atoms with E-state index in [-0.39, 0.29) is 0 Å². The Kier molecular flexibility index (Phi) is 3.21. The van der Waals surface area contributed by atoms with Crippen LogP contribution in [0.1, 0.15) is 5.69 Å². The van der Waals surface area contributed by atoms with Gasteiger partial charge in [-0.2, -0.15) is 0 Å². The number of rotatable bonds is 2. The lowest BCUT2D eigenvalue weighted by Gasteiger charge is -2.08. The first kappa shape index (κ1) is 11.5. The van der Waals surface area contributed by atoms with E-state index in [9.17, 15) is 0 Å². The Morgan fingerprint density at radius 2 is 2.19 bits per heavy atom. The van der Waals surface area contributed by atoms with Gasteiger partial charge in [0.2, 0.25) is 5.95 Å². The molecule has 0 saturated carbocycles. The molecule has 0 bridgehead atoms. The van der Waals surface area contributed by atoms with E-state index in [4.69, 9.17) is 11.6 Å². The van der Waals surface area contributed by atoms with E-state index in [1.165, 1.54) is 0 Å². The molecule has 0 spiro atoms. The van der Waals surface area contributed by atoms with Crippen LogP contribution < -0.4 is 5.32 Å². The molecular weight excluding hydrogens is 289 g/mol. The fraction of sp³-hybridized carbons (Fsp3) is 0.182. The number of nitrogens with one attached hydrogen (secondary N) is 1. The van der Waals surface area contributed by atoms with Crippen LogP contribution in [0.25, 0.3) is 0 Å². The maximum Gasteiger partial charge on any atom is 0.207 e. The van der Waals surface area contributed by atoms with Gasteiger partial charge < -0.3 is 9.88 Å².